The third-order valence-electron chi connectivity index (χ3n) is 4.11. The summed E-state index contributed by atoms with van der Waals surface area (Å²) in [5, 5.41) is 9.75. The molecule has 0 saturated heterocycles. The van der Waals surface area contributed by atoms with Gasteiger partial charge in [0, 0.05) is 6.54 Å². The third kappa shape index (κ3) is 3.23. The highest BCUT2D eigenvalue weighted by molar-refractivity contribution is 7.99. The Bertz CT molecular complexity index is 660. The molecule has 3 rings (SSSR count). The van der Waals surface area contributed by atoms with Gasteiger partial charge in [0.2, 0.25) is 0 Å². The van der Waals surface area contributed by atoms with Gasteiger partial charge in [0.1, 0.15) is 0 Å². The summed E-state index contributed by atoms with van der Waals surface area (Å²) in [4.78, 5) is 15.5. The Hall–Kier alpha value is -1.49. The molecule has 0 unspecified atom stereocenters. The SMILES string of the molecule is Cc1ccc2c(c1)nc(SCC(=O)O)n2CC1CCCC1. The average molecular weight is 304 g/mol. The molecular formula is C16H20N2O2S. The van der Waals surface area contributed by atoms with Crippen LogP contribution in [0.3, 0.4) is 0 Å². The summed E-state index contributed by atoms with van der Waals surface area (Å²) < 4.78 is 2.22. The van der Waals surface area contributed by atoms with Crippen LogP contribution in [-0.2, 0) is 11.3 Å². The first-order chi connectivity index (χ1) is 10.1. The van der Waals surface area contributed by atoms with Crippen molar-refractivity contribution in [2.24, 2.45) is 5.92 Å². The molecule has 0 atom stereocenters. The number of fused-ring (bicyclic) bond motifs is 1. The van der Waals surface area contributed by atoms with Crippen LogP contribution >= 0.6 is 11.8 Å². The van der Waals surface area contributed by atoms with Crippen LogP contribution in [0, 0.1) is 12.8 Å². The lowest BCUT2D eigenvalue weighted by Crippen LogP contribution is -2.09. The molecule has 0 amide bonds. The number of nitrogens with zero attached hydrogens (tertiary/aromatic N) is 2. The molecule has 0 aliphatic heterocycles. The van der Waals surface area contributed by atoms with Gasteiger partial charge in [-0.15, -0.1) is 0 Å². The minimum absolute atomic E-state index is 0.0625. The Morgan fingerprint density at radius 1 is 1.43 bits per heavy atom. The zero-order chi connectivity index (χ0) is 14.8. The van der Waals surface area contributed by atoms with Crippen LogP contribution in [0.15, 0.2) is 23.4 Å². The highest BCUT2D eigenvalue weighted by atomic mass is 32.2. The number of imidazole rings is 1. The standard InChI is InChI=1S/C16H20N2O2S/c1-11-6-7-14-13(8-11)17-16(21-10-15(19)20)18(14)9-12-4-2-3-5-12/h6-8,12H,2-5,9-10H2,1H3,(H,19,20). The first-order valence-corrected chi connectivity index (χ1v) is 8.43. The number of carboxylic acids is 1. The van der Waals surface area contributed by atoms with E-state index in [0.29, 0.717) is 5.92 Å². The summed E-state index contributed by atoms with van der Waals surface area (Å²) in [5.41, 5.74) is 3.28. The van der Waals surface area contributed by atoms with Gasteiger partial charge in [0.15, 0.2) is 5.16 Å². The Kier molecular flexibility index (Phi) is 4.19. The highest BCUT2D eigenvalue weighted by Gasteiger charge is 2.20. The number of aromatic nitrogens is 2. The van der Waals surface area contributed by atoms with Crippen LogP contribution in [0.1, 0.15) is 31.2 Å². The van der Waals surface area contributed by atoms with Crippen molar-refractivity contribution in [2.45, 2.75) is 44.3 Å². The smallest absolute Gasteiger partial charge is 0.313 e. The molecule has 5 heteroatoms. The van der Waals surface area contributed by atoms with E-state index in [2.05, 4.69) is 34.7 Å². The summed E-state index contributed by atoms with van der Waals surface area (Å²) in [6.07, 6.45) is 5.17. The van der Waals surface area contributed by atoms with Crippen LogP contribution in [0.2, 0.25) is 0 Å². The summed E-state index contributed by atoms with van der Waals surface area (Å²) in [5.74, 6) is -0.0315. The molecule has 0 bridgehead atoms. The number of hydrogen-bond donors (Lipinski definition) is 1. The molecule has 2 aromatic rings. The number of hydrogen-bond acceptors (Lipinski definition) is 3. The van der Waals surface area contributed by atoms with E-state index in [1.807, 2.05) is 0 Å². The fourth-order valence-corrected chi connectivity index (χ4v) is 3.83. The van der Waals surface area contributed by atoms with E-state index < -0.39 is 5.97 Å². The number of rotatable bonds is 5. The molecule has 1 heterocycles. The molecule has 1 fully saturated rings. The van der Waals surface area contributed by atoms with E-state index in [1.165, 1.54) is 43.0 Å². The molecule has 1 aromatic heterocycles. The molecular weight excluding hydrogens is 284 g/mol. The fraction of sp³-hybridized carbons (Fsp3) is 0.500. The maximum atomic E-state index is 10.8. The van der Waals surface area contributed by atoms with Gasteiger partial charge in [-0.05, 0) is 43.4 Å². The Balaban J connectivity index is 1.95. The van der Waals surface area contributed by atoms with E-state index >= 15 is 0 Å². The maximum absolute atomic E-state index is 10.8. The van der Waals surface area contributed by atoms with Crippen LogP contribution in [0.5, 0.6) is 0 Å². The van der Waals surface area contributed by atoms with Crippen molar-refractivity contribution in [1.29, 1.82) is 0 Å². The van der Waals surface area contributed by atoms with Crippen molar-refractivity contribution in [3.63, 3.8) is 0 Å². The quantitative estimate of drug-likeness (QED) is 0.856. The Morgan fingerprint density at radius 2 is 2.19 bits per heavy atom. The maximum Gasteiger partial charge on any atom is 0.313 e. The van der Waals surface area contributed by atoms with Crippen LogP contribution in [0.25, 0.3) is 11.0 Å². The number of benzene rings is 1. The fourth-order valence-electron chi connectivity index (χ4n) is 3.08. The Labute approximate surface area is 128 Å². The van der Waals surface area contributed by atoms with Crippen LogP contribution in [0.4, 0.5) is 0 Å². The van der Waals surface area contributed by atoms with E-state index in [4.69, 9.17) is 5.11 Å². The van der Waals surface area contributed by atoms with E-state index in [9.17, 15) is 4.79 Å². The second-order valence-electron chi connectivity index (χ2n) is 5.83. The topological polar surface area (TPSA) is 55.1 Å². The number of aryl methyl sites for hydroxylation is 1. The second kappa shape index (κ2) is 6.10. The van der Waals surface area contributed by atoms with Gasteiger partial charge in [-0.1, -0.05) is 30.7 Å². The normalized spacial score (nSPS) is 15.9. The number of carbonyl (C=O) groups is 1. The molecule has 1 aliphatic carbocycles. The molecule has 1 N–H and O–H groups in total. The summed E-state index contributed by atoms with van der Waals surface area (Å²) in [6, 6.07) is 6.28. The first-order valence-electron chi connectivity index (χ1n) is 7.45. The summed E-state index contributed by atoms with van der Waals surface area (Å²) in [6.45, 7) is 3.01. The minimum atomic E-state index is -0.796. The van der Waals surface area contributed by atoms with E-state index in [1.54, 1.807) is 0 Å². The van der Waals surface area contributed by atoms with E-state index in [-0.39, 0.29) is 5.75 Å². The van der Waals surface area contributed by atoms with Crippen molar-refractivity contribution < 1.29 is 9.90 Å². The largest absolute Gasteiger partial charge is 0.481 e. The molecule has 0 radical (unpaired) electrons. The predicted molar refractivity (Wildman–Crippen MR) is 84.8 cm³/mol. The van der Waals surface area contributed by atoms with Crippen molar-refractivity contribution in [3.8, 4) is 0 Å². The van der Waals surface area contributed by atoms with Gasteiger partial charge < -0.3 is 9.67 Å². The Morgan fingerprint density at radius 3 is 2.90 bits per heavy atom. The second-order valence-corrected chi connectivity index (χ2v) is 6.77. The average Bonchev–Trinajstić information content (AvgIpc) is 3.05. The monoisotopic (exact) mass is 304 g/mol. The molecule has 0 spiro atoms. The van der Waals surface area contributed by atoms with Crippen molar-refractivity contribution >= 4 is 28.8 Å². The van der Waals surface area contributed by atoms with Gasteiger partial charge in [-0.3, -0.25) is 4.79 Å². The molecule has 1 aliphatic rings. The summed E-state index contributed by atoms with van der Waals surface area (Å²) >= 11 is 1.32. The van der Waals surface area contributed by atoms with Crippen molar-refractivity contribution in [2.75, 3.05) is 5.75 Å². The van der Waals surface area contributed by atoms with Gasteiger partial charge >= 0.3 is 5.97 Å². The molecule has 21 heavy (non-hydrogen) atoms. The van der Waals surface area contributed by atoms with Crippen LogP contribution < -0.4 is 0 Å². The molecule has 112 valence electrons. The lowest BCUT2D eigenvalue weighted by molar-refractivity contribution is -0.133. The number of aliphatic carboxylic acids is 1. The zero-order valence-electron chi connectivity index (χ0n) is 12.2. The minimum Gasteiger partial charge on any atom is -0.481 e. The molecule has 4 nitrogen and oxygen atoms in total. The van der Waals surface area contributed by atoms with Gasteiger partial charge in [0.05, 0.1) is 16.8 Å². The molecule has 1 saturated carbocycles. The van der Waals surface area contributed by atoms with Gasteiger partial charge in [-0.2, -0.15) is 0 Å². The van der Waals surface area contributed by atoms with Gasteiger partial charge in [-0.25, -0.2) is 4.98 Å². The highest BCUT2D eigenvalue weighted by Crippen LogP contribution is 2.31. The third-order valence-corrected chi connectivity index (χ3v) is 5.07. The van der Waals surface area contributed by atoms with E-state index in [0.717, 1.165) is 22.7 Å². The molecule has 1 aromatic carbocycles. The first kappa shape index (κ1) is 14.4. The van der Waals surface area contributed by atoms with Crippen molar-refractivity contribution in [1.82, 2.24) is 9.55 Å². The number of thioether (sulfide) groups is 1. The summed E-state index contributed by atoms with van der Waals surface area (Å²) in [7, 11) is 0. The van der Waals surface area contributed by atoms with Gasteiger partial charge in [0.25, 0.3) is 0 Å². The number of carboxylic acid groups (broad SMARTS) is 1. The lowest BCUT2D eigenvalue weighted by Gasteiger charge is -2.13. The lowest BCUT2D eigenvalue weighted by atomic mass is 10.1. The zero-order valence-corrected chi connectivity index (χ0v) is 13.0. The van der Waals surface area contributed by atoms with Crippen molar-refractivity contribution in [3.05, 3.63) is 23.8 Å². The van der Waals surface area contributed by atoms with Crippen LogP contribution in [-0.4, -0.2) is 26.4 Å². The predicted octanol–water partition coefficient (Wildman–Crippen LogP) is 3.71.